The third kappa shape index (κ3) is 2.60. The summed E-state index contributed by atoms with van der Waals surface area (Å²) in [7, 11) is 0. The van der Waals surface area contributed by atoms with E-state index < -0.39 is 5.97 Å². The minimum Gasteiger partial charge on any atom is -0.478 e. The van der Waals surface area contributed by atoms with Crippen LogP contribution in [0.4, 0.5) is 0 Å². The quantitative estimate of drug-likeness (QED) is 0.836. The fourth-order valence-electron chi connectivity index (χ4n) is 2.39. The highest BCUT2D eigenvalue weighted by atomic mass is 16.4. The molecule has 0 aliphatic rings. The van der Waals surface area contributed by atoms with Crippen molar-refractivity contribution < 1.29 is 9.90 Å². The van der Waals surface area contributed by atoms with Crippen molar-refractivity contribution in [1.82, 2.24) is 14.5 Å². The van der Waals surface area contributed by atoms with E-state index in [1.54, 1.807) is 12.1 Å². The van der Waals surface area contributed by atoms with Gasteiger partial charge in [-0.2, -0.15) is 0 Å². The Labute approximate surface area is 116 Å². The van der Waals surface area contributed by atoms with Gasteiger partial charge in [0.15, 0.2) is 0 Å². The van der Waals surface area contributed by atoms with Crippen molar-refractivity contribution in [2.45, 2.75) is 20.4 Å². The van der Waals surface area contributed by atoms with Crippen LogP contribution in [-0.4, -0.2) is 45.2 Å². The normalized spacial score (nSPS) is 11.3. The summed E-state index contributed by atoms with van der Waals surface area (Å²) in [6.07, 6.45) is 0. The molecule has 0 aliphatic heterocycles. The molecule has 1 aromatic heterocycles. The molecule has 1 aromatic carbocycles. The standard InChI is InChI=1S/C14H19N3O3/c1-3-16(4-2)8-9-17-12-10(13(18)19)6-5-7-11(12)15-14(17)20/h5-7H,3-4,8-9H2,1-2H3,(H,15,20)(H,18,19). The highest BCUT2D eigenvalue weighted by Crippen LogP contribution is 2.16. The predicted octanol–water partition coefficient (Wildman–Crippen LogP) is 1.37. The molecular weight excluding hydrogens is 258 g/mol. The molecule has 6 heteroatoms. The lowest BCUT2D eigenvalue weighted by atomic mass is 10.2. The lowest BCUT2D eigenvalue weighted by molar-refractivity contribution is 0.0698. The molecule has 20 heavy (non-hydrogen) atoms. The number of likely N-dealkylation sites (N-methyl/N-ethyl adjacent to an activating group) is 1. The van der Waals surface area contributed by atoms with E-state index in [1.165, 1.54) is 10.6 Å². The molecule has 1 heterocycles. The molecule has 0 spiro atoms. The van der Waals surface area contributed by atoms with E-state index in [1.807, 2.05) is 0 Å². The van der Waals surface area contributed by atoms with Crippen molar-refractivity contribution in [3.63, 3.8) is 0 Å². The monoisotopic (exact) mass is 277 g/mol. The second-order valence-corrected chi connectivity index (χ2v) is 4.62. The van der Waals surface area contributed by atoms with Crippen molar-refractivity contribution in [2.24, 2.45) is 0 Å². The number of carboxylic acid groups (broad SMARTS) is 1. The number of aromatic nitrogens is 2. The number of para-hydroxylation sites is 1. The number of aromatic carboxylic acids is 1. The van der Waals surface area contributed by atoms with E-state index >= 15 is 0 Å². The molecule has 0 unspecified atom stereocenters. The van der Waals surface area contributed by atoms with Crippen LogP contribution in [-0.2, 0) is 6.54 Å². The van der Waals surface area contributed by atoms with Crippen molar-refractivity contribution in [2.75, 3.05) is 19.6 Å². The fourth-order valence-corrected chi connectivity index (χ4v) is 2.39. The van der Waals surface area contributed by atoms with Gasteiger partial charge in [-0.15, -0.1) is 0 Å². The van der Waals surface area contributed by atoms with Gasteiger partial charge < -0.3 is 15.0 Å². The molecule has 0 aliphatic carbocycles. The van der Waals surface area contributed by atoms with Crippen LogP contribution >= 0.6 is 0 Å². The molecule has 0 atom stereocenters. The summed E-state index contributed by atoms with van der Waals surface area (Å²) in [5.41, 5.74) is 0.924. The van der Waals surface area contributed by atoms with Gasteiger partial charge in [-0.25, -0.2) is 9.59 Å². The summed E-state index contributed by atoms with van der Waals surface area (Å²) in [6, 6.07) is 4.87. The largest absolute Gasteiger partial charge is 0.478 e. The van der Waals surface area contributed by atoms with Gasteiger partial charge >= 0.3 is 11.7 Å². The van der Waals surface area contributed by atoms with Gasteiger partial charge in [-0.1, -0.05) is 19.9 Å². The predicted molar refractivity (Wildman–Crippen MR) is 77.3 cm³/mol. The van der Waals surface area contributed by atoms with Gasteiger partial charge in [0.25, 0.3) is 0 Å². The molecule has 0 saturated heterocycles. The van der Waals surface area contributed by atoms with E-state index in [4.69, 9.17) is 0 Å². The molecule has 2 aromatic rings. The first-order valence-electron chi connectivity index (χ1n) is 6.75. The molecule has 0 bridgehead atoms. The Morgan fingerprint density at radius 2 is 2.05 bits per heavy atom. The van der Waals surface area contributed by atoms with E-state index in [2.05, 4.69) is 23.7 Å². The number of benzene rings is 1. The van der Waals surface area contributed by atoms with E-state index in [0.717, 1.165) is 13.1 Å². The van der Waals surface area contributed by atoms with Gasteiger partial charge in [0, 0.05) is 13.1 Å². The Morgan fingerprint density at radius 1 is 1.35 bits per heavy atom. The van der Waals surface area contributed by atoms with E-state index in [-0.39, 0.29) is 11.3 Å². The number of nitrogens with zero attached hydrogens (tertiary/aromatic N) is 2. The van der Waals surface area contributed by atoms with Crippen LogP contribution in [0.15, 0.2) is 23.0 Å². The minimum atomic E-state index is -1.02. The maximum Gasteiger partial charge on any atom is 0.337 e. The van der Waals surface area contributed by atoms with E-state index in [0.29, 0.717) is 24.1 Å². The number of rotatable bonds is 6. The second kappa shape index (κ2) is 5.92. The number of carbonyl (C=O) groups is 1. The third-order valence-corrected chi connectivity index (χ3v) is 3.56. The van der Waals surface area contributed by atoms with Gasteiger partial charge in [0.2, 0.25) is 0 Å². The van der Waals surface area contributed by atoms with Crippen molar-refractivity contribution >= 4 is 17.0 Å². The average Bonchev–Trinajstić information content (AvgIpc) is 2.75. The maximum absolute atomic E-state index is 12.0. The summed E-state index contributed by atoms with van der Waals surface area (Å²) >= 11 is 0. The number of fused-ring (bicyclic) bond motifs is 1. The van der Waals surface area contributed by atoms with Crippen LogP contribution in [0.2, 0.25) is 0 Å². The molecule has 0 amide bonds. The first kappa shape index (κ1) is 14.3. The lowest BCUT2D eigenvalue weighted by Gasteiger charge is -2.18. The summed E-state index contributed by atoms with van der Waals surface area (Å²) in [5, 5.41) is 9.25. The Hall–Kier alpha value is -2.08. The number of imidazole rings is 1. The fraction of sp³-hybridized carbons (Fsp3) is 0.429. The molecule has 0 saturated carbocycles. The molecule has 108 valence electrons. The lowest BCUT2D eigenvalue weighted by Crippen LogP contribution is -2.30. The van der Waals surface area contributed by atoms with Crippen LogP contribution in [0.25, 0.3) is 11.0 Å². The van der Waals surface area contributed by atoms with Crippen LogP contribution in [0, 0.1) is 0 Å². The molecule has 2 N–H and O–H groups in total. The zero-order valence-electron chi connectivity index (χ0n) is 11.7. The summed E-state index contributed by atoms with van der Waals surface area (Å²) in [5.74, 6) is -1.02. The van der Waals surface area contributed by atoms with Crippen molar-refractivity contribution in [1.29, 1.82) is 0 Å². The second-order valence-electron chi connectivity index (χ2n) is 4.62. The van der Waals surface area contributed by atoms with Gasteiger partial charge in [-0.05, 0) is 25.2 Å². The summed E-state index contributed by atoms with van der Waals surface area (Å²) < 4.78 is 1.51. The number of nitrogens with one attached hydrogen (secondary N) is 1. The number of carboxylic acids is 1. The zero-order chi connectivity index (χ0) is 14.7. The topological polar surface area (TPSA) is 78.3 Å². The Morgan fingerprint density at radius 3 is 2.65 bits per heavy atom. The summed E-state index contributed by atoms with van der Waals surface area (Å²) in [4.78, 5) is 28.2. The smallest absolute Gasteiger partial charge is 0.337 e. The van der Waals surface area contributed by atoms with Crippen LogP contribution in [0.3, 0.4) is 0 Å². The molecule has 0 fully saturated rings. The first-order valence-corrected chi connectivity index (χ1v) is 6.75. The summed E-state index contributed by atoms with van der Waals surface area (Å²) in [6.45, 7) is 7.12. The number of H-pyrrole nitrogens is 1. The highest BCUT2D eigenvalue weighted by Gasteiger charge is 2.15. The van der Waals surface area contributed by atoms with Crippen LogP contribution < -0.4 is 5.69 Å². The van der Waals surface area contributed by atoms with Gasteiger partial charge in [-0.3, -0.25) is 4.57 Å². The molecular formula is C14H19N3O3. The Balaban J connectivity index is 2.44. The number of hydrogen-bond donors (Lipinski definition) is 2. The molecule has 0 radical (unpaired) electrons. The molecule has 6 nitrogen and oxygen atoms in total. The first-order chi connectivity index (χ1) is 9.58. The zero-order valence-corrected chi connectivity index (χ0v) is 11.7. The van der Waals surface area contributed by atoms with Crippen molar-refractivity contribution in [3.8, 4) is 0 Å². The average molecular weight is 277 g/mol. The highest BCUT2D eigenvalue weighted by molar-refractivity contribution is 6.01. The Kier molecular flexibility index (Phi) is 4.24. The van der Waals surface area contributed by atoms with Crippen LogP contribution in [0.5, 0.6) is 0 Å². The maximum atomic E-state index is 12.0. The van der Waals surface area contributed by atoms with E-state index in [9.17, 15) is 14.7 Å². The molecule has 2 rings (SSSR count). The van der Waals surface area contributed by atoms with Crippen LogP contribution in [0.1, 0.15) is 24.2 Å². The van der Waals surface area contributed by atoms with Gasteiger partial charge in [0.1, 0.15) is 0 Å². The minimum absolute atomic E-state index is 0.153. The Bertz CT molecular complexity index is 668. The van der Waals surface area contributed by atoms with Gasteiger partial charge in [0.05, 0.1) is 16.6 Å². The SMILES string of the molecule is CCN(CC)CCn1c(=O)[nH]c2cccc(C(=O)O)c21. The third-order valence-electron chi connectivity index (χ3n) is 3.56. The number of aromatic amines is 1. The van der Waals surface area contributed by atoms with Crippen molar-refractivity contribution in [3.05, 3.63) is 34.2 Å². The number of hydrogen-bond acceptors (Lipinski definition) is 3.